The topological polar surface area (TPSA) is 136 Å². The van der Waals surface area contributed by atoms with E-state index in [-0.39, 0.29) is 12.0 Å². The maximum Gasteiger partial charge on any atom is 0.347 e. The van der Waals surface area contributed by atoms with Crippen molar-refractivity contribution < 1.29 is 43.6 Å². The Balaban J connectivity index is 1.81. The lowest BCUT2D eigenvalue weighted by Crippen LogP contribution is -2.65. The molecule has 7 unspecified atom stereocenters. The molecule has 0 aromatic rings. The van der Waals surface area contributed by atoms with Crippen LogP contribution in [0.1, 0.15) is 85.5 Å². The van der Waals surface area contributed by atoms with Crippen molar-refractivity contribution in [3.05, 3.63) is 11.6 Å². The van der Waals surface area contributed by atoms with E-state index in [2.05, 4.69) is 6.92 Å². The Labute approximate surface area is 212 Å². The van der Waals surface area contributed by atoms with Crippen LogP contribution in [0.3, 0.4) is 0 Å². The molecule has 9 nitrogen and oxygen atoms in total. The molecule has 202 valence electrons. The van der Waals surface area contributed by atoms with Gasteiger partial charge >= 0.3 is 17.9 Å². The normalized spacial score (nSPS) is 33.4. The monoisotopic (exact) mass is 508 g/mol. The Bertz CT molecular complexity index is 878. The molecule has 2 fully saturated rings. The van der Waals surface area contributed by atoms with Gasteiger partial charge in [0, 0.05) is 6.92 Å². The third-order valence-corrected chi connectivity index (χ3v) is 8.21. The van der Waals surface area contributed by atoms with Crippen LogP contribution in [-0.4, -0.2) is 59.0 Å². The van der Waals surface area contributed by atoms with Crippen LogP contribution in [0.25, 0.3) is 0 Å². The summed E-state index contributed by atoms with van der Waals surface area (Å²) in [6, 6.07) is 0. The highest BCUT2D eigenvalue weighted by molar-refractivity contribution is 5.87. The van der Waals surface area contributed by atoms with E-state index in [9.17, 15) is 29.4 Å². The van der Waals surface area contributed by atoms with E-state index >= 15 is 0 Å². The zero-order valence-electron chi connectivity index (χ0n) is 21.7. The van der Waals surface area contributed by atoms with Crippen LogP contribution in [0.5, 0.6) is 0 Å². The van der Waals surface area contributed by atoms with E-state index in [4.69, 9.17) is 14.2 Å². The van der Waals surface area contributed by atoms with Crippen molar-refractivity contribution in [1.82, 2.24) is 0 Å². The van der Waals surface area contributed by atoms with Crippen molar-refractivity contribution in [3.63, 3.8) is 0 Å². The number of ether oxygens (including phenoxy) is 3. The number of aliphatic hydroxyl groups is 2. The number of hydrogen-bond donors (Lipinski definition) is 2. The van der Waals surface area contributed by atoms with E-state index in [1.165, 1.54) is 6.92 Å². The molecule has 3 rings (SSSR count). The van der Waals surface area contributed by atoms with Gasteiger partial charge in [0.05, 0.1) is 5.92 Å². The summed E-state index contributed by atoms with van der Waals surface area (Å²) in [4.78, 5) is 49.8. The summed E-state index contributed by atoms with van der Waals surface area (Å²) < 4.78 is 16.1. The second-order valence-corrected chi connectivity index (χ2v) is 11.1. The maximum absolute atomic E-state index is 13.2. The predicted octanol–water partition coefficient (Wildman–Crippen LogP) is 2.99. The number of carbonyl (C=O) groups is 4. The zero-order chi connectivity index (χ0) is 26.7. The lowest BCUT2D eigenvalue weighted by Gasteiger charge is -2.56. The number of aliphatic hydroxyl groups excluding tert-OH is 2. The first-order chi connectivity index (χ1) is 17.0. The highest BCUT2D eigenvalue weighted by atomic mass is 16.6. The van der Waals surface area contributed by atoms with Gasteiger partial charge in [-0.1, -0.05) is 59.0 Å². The molecule has 0 amide bonds. The van der Waals surface area contributed by atoms with Gasteiger partial charge in [0.15, 0.2) is 6.10 Å². The van der Waals surface area contributed by atoms with Crippen LogP contribution in [-0.2, 0) is 33.4 Å². The lowest BCUT2D eigenvalue weighted by atomic mass is 9.46. The van der Waals surface area contributed by atoms with Gasteiger partial charge in [-0.25, -0.2) is 4.79 Å². The van der Waals surface area contributed by atoms with Crippen molar-refractivity contribution in [2.45, 2.75) is 110 Å². The van der Waals surface area contributed by atoms with Crippen molar-refractivity contribution in [2.24, 2.45) is 22.7 Å². The van der Waals surface area contributed by atoms with Gasteiger partial charge in [0.2, 0.25) is 6.29 Å². The SMILES string of the molecule is CCCCCCCCC(OC(C)=O)C(=O)OC1CC(C)(C)C2CC=C(C=O)C3C(O)OC(=O)C32C1O. The number of unbranched alkanes of at least 4 members (excludes halogenated alkanes) is 5. The number of aldehydes is 1. The Hall–Kier alpha value is -2.26. The molecule has 0 bridgehead atoms. The Morgan fingerprint density at radius 3 is 2.50 bits per heavy atom. The van der Waals surface area contributed by atoms with Gasteiger partial charge in [-0.05, 0) is 42.6 Å². The van der Waals surface area contributed by atoms with Gasteiger partial charge < -0.3 is 24.4 Å². The second-order valence-electron chi connectivity index (χ2n) is 11.1. The molecule has 1 heterocycles. The molecule has 3 aliphatic rings. The first kappa shape index (κ1) is 28.3. The Morgan fingerprint density at radius 2 is 1.86 bits per heavy atom. The van der Waals surface area contributed by atoms with Crippen LogP contribution in [0.2, 0.25) is 0 Å². The van der Waals surface area contributed by atoms with Gasteiger partial charge in [0.25, 0.3) is 0 Å². The molecule has 0 aromatic carbocycles. The summed E-state index contributed by atoms with van der Waals surface area (Å²) >= 11 is 0. The number of carbonyl (C=O) groups excluding carboxylic acids is 4. The maximum atomic E-state index is 13.2. The van der Waals surface area contributed by atoms with Crippen LogP contribution in [0.4, 0.5) is 0 Å². The van der Waals surface area contributed by atoms with E-state index in [0.717, 1.165) is 32.1 Å². The fourth-order valence-electron chi connectivity index (χ4n) is 6.56. The first-order valence-corrected chi connectivity index (χ1v) is 13.1. The molecule has 9 heteroatoms. The highest BCUT2D eigenvalue weighted by Gasteiger charge is 2.73. The van der Waals surface area contributed by atoms with Gasteiger partial charge in [-0.15, -0.1) is 0 Å². The highest BCUT2D eigenvalue weighted by Crippen LogP contribution is 2.63. The van der Waals surface area contributed by atoms with E-state index < -0.39 is 65.2 Å². The number of cyclic esters (lactones) is 1. The third-order valence-electron chi connectivity index (χ3n) is 8.21. The third kappa shape index (κ3) is 5.23. The molecule has 1 aliphatic heterocycles. The van der Waals surface area contributed by atoms with Crippen LogP contribution >= 0.6 is 0 Å². The van der Waals surface area contributed by atoms with Crippen molar-refractivity contribution in [2.75, 3.05) is 0 Å². The molecule has 1 saturated heterocycles. The van der Waals surface area contributed by atoms with Crippen molar-refractivity contribution >= 4 is 24.2 Å². The van der Waals surface area contributed by atoms with Gasteiger partial charge in [0.1, 0.15) is 23.9 Å². The summed E-state index contributed by atoms with van der Waals surface area (Å²) in [5.41, 5.74) is -2.05. The molecule has 7 atom stereocenters. The zero-order valence-corrected chi connectivity index (χ0v) is 21.7. The molecular weight excluding hydrogens is 468 g/mol. The molecular formula is C27H40O9. The fourth-order valence-corrected chi connectivity index (χ4v) is 6.56. The summed E-state index contributed by atoms with van der Waals surface area (Å²) in [5, 5.41) is 22.1. The van der Waals surface area contributed by atoms with Crippen LogP contribution in [0, 0.1) is 22.7 Å². The van der Waals surface area contributed by atoms with Gasteiger partial charge in [-0.2, -0.15) is 0 Å². The van der Waals surface area contributed by atoms with Crippen LogP contribution < -0.4 is 0 Å². The molecule has 0 aromatic heterocycles. The summed E-state index contributed by atoms with van der Waals surface area (Å²) in [6.45, 7) is 7.16. The Morgan fingerprint density at radius 1 is 1.19 bits per heavy atom. The molecule has 0 radical (unpaired) electrons. The number of esters is 3. The standard InChI is InChI=1S/C27H40O9/c1-5-6-7-8-9-10-11-18(34-16(2)29)23(31)35-19-14-26(3,4)20-13-12-17(15-28)21-24(32)36-25(33)27(20,21)22(19)30/h12,15,18-22,24,30,32H,5-11,13-14H2,1-4H3. The van der Waals surface area contributed by atoms with E-state index in [1.54, 1.807) is 6.08 Å². The quantitative estimate of drug-likeness (QED) is 0.187. The van der Waals surface area contributed by atoms with Crippen molar-refractivity contribution in [1.29, 1.82) is 0 Å². The summed E-state index contributed by atoms with van der Waals surface area (Å²) in [5.74, 6) is -3.70. The number of allylic oxidation sites excluding steroid dienone is 1. The number of rotatable bonds is 11. The molecule has 1 spiro atoms. The largest absolute Gasteiger partial charge is 0.457 e. The second kappa shape index (κ2) is 11.4. The first-order valence-electron chi connectivity index (χ1n) is 13.1. The molecule has 2 aliphatic carbocycles. The van der Waals surface area contributed by atoms with Crippen molar-refractivity contribution in [3.8, 4) is 0 Å². The number of hydrogen-bond acceptors (Lipinski definition) is 9. The smallest absolute Gasteiger partial charge is 0.347 e. The van der Waals surface area contributed by atoms with Crippen LogP contribution in [0.15, 0.2) is 11.6 Å². The molecule has 2 N–H and O–H groups in total. The van der Waals surface area contributed by atoms with E-state index in [0.29, 0.717) is 25.5 Å². The average molecular weight is 509 g/mol. The molecule has 36 heavy (non-hydrogen) atoms. The fraction of sp³-hybridized carbons (Fsp3) is 0.778. The van der Waals surface area contributed by atoms with Gasteiger partial charge in [-0.3, -0.25) is 14.4 Å². The Kier molecular flexibility index (Phi) is 8.98. The molecule has 1 saturated carbocycles. The lowest BCUT2D eigenvalue weighted by molar-refractivity contribution is -0.212. The minimum Gasteiger partial charge on any atom is -0.457 e. The predicted molar refractivity (Wildman–Crippen MR) is 128 cm³/mol. The minimum atomic E-state index is -1.63. The van der Waals surface area contributed by atoms with E-state index in [1.807, 2.05) is 13.8 Å². The minimum absolute atomic E-state index is 0.187. The average Bonchev–Trinajstić information content (AvgIpc) is 3.08. The summed E-state index contributed by atoms with van der Waals surface area (Å²) in [6.07, 6.45) is 3.77. The summed E-state index contributed by atoms with van der Waals surface area (Å²) in [7, 11) is 0.